The first-order chi connectivity index (χ1) is 7.74. The van der Waals surface area contributed by atoms with Gasteiger partial charge in [-0.3, -0.25) is 4.79 Å². The predicted octanol–water partition coefficient (Wildman–Crippen LogP) is 2.09. The number of carbonyl (C=O) groups excluding carboxylic acids is 1. The van der Waals surface area contributed by atoms with E-state index in [4.69, 9.17) is 16.7 Å². The quantitative estimate of drug-likeness (QED) is 0.836. The van der Waals surface area contributed by atoms with Gasteiger partial charge in [-0.15, -0.1) is 0 Å². The van der Waals surface area contributed by atoms with Crippen molar-refractivity contribution in [1.29, 1.82) is 0 Å². The summed E-state index contributed by atoms with van der Waals surface area (Å²) < 4.78 is 0.584. The van der Waals surface area contributed by atoms with Crippen LogP contribution in [0.25, 0.3) is 0 Å². The minimum atomic E-state index is -1.37. The lowest BCUT2D eigenvalue weighted by Gasteiger charge is -2.21. The maximum absolute atomic E-state index is 11.8. The van der Waals surface area contributed by atoms with Crippen molar-refractivity contribution >= 4 is 39.4 Å². The molecule has 0 atom stereocenters. The molecule has 2 N–H and O–H groups in total. The molecular weight excluding hydrogens is 311 g/mol. The van der Waals surface area contributed by atoms with Crippen molar-refractivity contribution in [1.82, 2.24) is 10.3 Å². The van der Waals surface area contributed by atoms with Crippen molar-refractivity contribution in [2.24, 2.45) is 0 Å². The SMILES string of the molecule is CC(C)(NC(=O)c1cc(Br)cnc1Cl)C(=O)O. The lowest BCUT2D eigenvalue weighted by Crippen LogP contribution is -2.49. The van der Waals surface area contributed by atoms with E-state index >= 15 is 0 Å². The van der Waals surface area contributed by atoms with Gasteiger partial charge in [0.05, 0.1) is 5.56 Å². The minimum Gasteiger partial charge on any atom is -0.480 e. The molecular formula is C10H10BrClN2O3. The average Bonchev–Trinajstić information content (AvgIpc) is 2.20. The summed E-state index contributed by atoms with van der Waals surface area (Å²) in [6.45, 7) is 2.76. The number of hydrogen-bond acceptors (Lipinski definition) is 3. The van der Waals surface area contributed by atoms with Gasteiger partial charge in [0.2, 0.25) is 0 Å². The summed E-state index contributed by atoms with van der Waals surface area (Å²) in [7, 11) is 0. The van der Waals surface area contributed by atoms with Crippen molar-refractivity contribution in [2.45, 2.75) is 19.4 Å². The molecule has 0 aliphatic rings. The number of carbonyl (C=O) groups is 2. The number of halogens is 2. The molecule has 1 aromatic heterocycles. The van der Waals surface area contributed by atoms with Crippen LogP contribution in [0.2, 0.25) is 5.15 Å². The maximum Gasteiger partial charge on any atom is 0.328 e. The molecule has 0 aromatic carbocycles. The van der Waals surface area contributed by atoms with Gasteiger partial charge < -0.3 is 10.4 Å². The zero-order valence-corrected chi connectivity index (χ0v) is 11.5. The summed E-state index contributed by atoms with van der Waals surface area (Å²) in [4.78, 5) is 26.5. The second-order valence-electron chi connectivity index (χ2n) is 3.88. The third kappa shape index (κ3) is 3.41. The molecule has 1 rings (SSSR count). The second kappa shape index (κ2) is 5.01. The van der Waals surface area contributed by atoms with Crippen LogP contribution in [0.1, 0.15) is 24.2 Å². The molecule has 0 radical (unpaired) electrons. The number of hydrogen-bond donors (Lipinski definition) is 2. The van der Waals surface area contributed by atoms with Crippen LogP contribution in [0.15, 0.2) is 16.7 Å². The largest absolute Gasteiger partial charge is 0.480 e. The van der Waals surface area contributed by atoms with E-state index in [0.29, 0.717) is 4.47 Å². The summed E-state index contributed by atoms with van der Waals surface area (Å²) in [6, 6.07) is 1.47. The van der Waals surface area contributed by atoms with Gasteiger partial charge in [0.25, 0.3) is 5.91 Å². The number of carboxylic acid groups (broad SMARTS) is 1. The number of nitrogens with one attached hydrogen (secondary N) is 1. The molecule has 0 spiro atoms. The van der Waals surface area contributed by atoms with E-state index in [1.165, 1.54) is 26.1 Å². The zero-order chi connectivity index (χ0) is 13.2. The number of aliphatic carboxylic acids is 1. The van der Waals surface area contributed by atoms with Crippen LogP contribution >= 0.6 is 27.5 Å². The number of pyridine rings is 1. The highest BCUT2D eigenvalue weighted by atomic mass is 79.9. The molecule has 92 valence electrons. The molecule has 17 heavy (non-hydrogen) atoms. The minimum absolute atomic E-state index is 0.0203. The van der Waals surface area contributed by atoms with Crippen LogP contribution in [-0.4, -0.2) is 27.5 Å². The molecule has 0 unspecified atom stereocenters. The van der Waals surface area contributed by atoms with Crippen LogP contribution in [0.5, 0.6) is 0 Å². The van der Waals surface area contributed by atoms with E-state index in [9.17, 15) is 9.59 Å². The highest BCUT2D eigenvalue weighted by Crippen LogP contribution is 2.18. The van der Waals surface area contributed by atoms with Gasteiger partial charge in [0, 0.05) is 10.7 Å². The topological polar surface area (TPSA) is 79.3 Å². The van der Waals surface area contributed by atoms with Gasteiger partial charge in [-0.05, 0) is 35.8 Å². The third-order valence-corrected chi connectivity index (χ3v) is 2.75. The first kappa shape index (κ1) is 13.9. The number of nitrogens with zero attached hydrogens (tertiary/aromatic N) is 1. The fourth-order valence-electron chi connectivity index (χ4n) is 0.986. The summed E-state index contributed by atoms with van der Waals surface area (Å²) in [6.07, 6.45) is 1.45. The number of amides is 1. The van der Waals surface area contributed by atoms with Crippen molar-refractivity contribution in [3.8, 4) is 0 Å². The Balaban J connectivity index is 2.98. The van der Waals surface area contributed by atoms with Crippen LogP contribution < -0.4 is 5.32 Å². The molecule has 0 saturated carbocycles. The van der Waals surface area contributed by atoms with Crippen molar-refractivity contribution in [2.75, 3.05) is 0 Å². The fourth-order valence-corrected chi connectivity index (χ4v) is 1.51. The van der Waals surface area contributed by atoms with E-state index in [1.54, 1.807) is 0 Å². The highest BCUT2D eigenvalue weighted by Gasteiger charge is 2.30. The van der Waals surface area contributed by atoms with Gasteiger partial charge in [-0.1, -0.05) is 11.6 Å². The first-order valence-corrected chi connectivity index (χ1v) is 5.78. The zero-order valence-electron chi connectivity index (χ0n) is 9.12. The van der Waals surface area contributed by atoms with Gasteiger partial charge in [-0.2, -0.15) is 0 Å². The van der Waals surface area contributed by atoms with Crippen LogP contribution in [0.3, 0.4) is 0 Å². The Morgan fingerprint density at radius 2 is 2.12 bits per heavy atom. The lowest BCUT2D eigenvalue weighted by molar-refractivity contribution is -0.143. The molecule has 1 aromatic rings. The van der Waals surface area contributed by atoms with Crippen LogP contribution in [0, 0.1) is 0 Å². The fraction of sp³-hybridized carbons (Fsp3) is 0.300. The van der Waals surface area contributed by atoms with Gasteiger partial charge in [0.1, 0.15) is 10.7 Å². The Bertz CT molecular complexity index is 477. The number of aromatic nitrogens is 1. The van der Waals surface area contributed by atoms with Crippen molar-refractivity contribution in [3.05, 3.63) is 27.5 Å². The lowest BCUT2D eigenvalue weighted by atomic mass is 10.1. The Kier molecular flexibility index (Phi) is 4.11. The Hall–Kier alpha value is -1.14. The van der Waals surface area contributed by atoms with Crippen molar-refractivity contribution in [3.63, 3.8) is 0 Å². The Morgan fingerprint density at radius 3 is 2.65 bits per heavy atom. The monoisotopic (exact) mass is 320 g/mol. The van der Waals surface area contributed by atoms with E-state index in [-0.39, 0.29) is 10.7 Å². The molecule has 0 aliphatic carbocycles. The molecule has 0 bridgehead atoms. The molecule has 1 heterocycles. The third-order valence-electron chi connectivity index (χ3n) is 2.01. The van der Waals surface area contributed by atoms with Gasteiger partial charge in [-0.25, -0.2) is 9.78 Å². The predicted molar refractivity (Wildman–Crippen MR) is 66.1 cm³/mol. The number of carboxylic acids is 1. The van der Waals surface area contributed by atoms with Gasteiger partial charge in [0.15, 0.2) is 0 Å². The van der Waals surface area contributed by atoms with E-state index in [2.05, 4.69) is 26.2 Å². The van der Waals surface area contributed by atoms with Crippen molar-refractivity contribution < 1.29 is 14.7 Å². The summed E-state index contributed by atoms with van der Waals surface area (Å²) in [5, 5.41) is 11.3. The molecule has 7 heteroatoms. The van der Waals surface area contributed by atoms with E-state index in [0.717, 1.165) is 0 Å². The maximum atomic E-state index is 11.8. The first-order valence-electron chi connectivity index (χ1n) is 4.61. The van der Waals surface area contributed by atoms with Crippen LogP contribution in [0.4, 0.5) is 0 Å². The molecule has 0 aliphatic heterocycles. The summed E-state index contributed by atoms with van der Waals surface area (Å²) in [5.74, 6) is -1.72. The second-order valence-corrected chi connectivity index (χ2v) is 5.15. The summed E-state index contributed by atoms with van der Waals surface area (Å²) in [5.41, 5.74) is -1.25. The molecule has 0 saturated heterocycles. The summed E-state index contributed by atoms with van der Waals surface area (Å²) >= 11 is 8.92. The van der Waals surface area contributed by atoms with E-state index in [1.807, 2.05) is 0 Å². The standard InChI is InChI=1S/C10H10BrClN2O3/c1-10(2,9(16)17)14-8(15)6-3-5(11)4-13-7(6)12/h3-4H,1-2H3,(H,14,15)(H,16,17). The Morgan fingerprint density at radius 1 is 1.53 bits per heavy atom. The molecule has 5 nitrogen and oxygen atoms in total. The normalized spacial score (nSPS) is 11.1. The molecule has 0 fully saturated rings. The van der Waals surface area contributed by atoms with Gasteiger partial charge >= 0.3 is 5.97 Å². The van der Waals surface area contributed by atoms with E-state index < -0.39 is 17.4 Å². The smallest absolute Gasteiger partial charge is 0.328 e. The average molecular weight is 322 g/mol. The van der Waals surface area contributed by atoms with Crippen LogP contribution in [-0.2, 0) is 4.79 Å². The highest BCUT2D eigenvalue weighted by molar-refractivity contribution is 9.10. The Labute approximate surface area is 111 Å². The number of rotatable bonds is 3. The molecule has 1 amide bonds.